The first-order valence-electron chi connectivity index (χ1n) is 5.75. The molecule has 0 aliphatic carbocycles. The van der Waals surface area contributed by atoms with Crippen LogP contribution in [-0.4, -0.2) is 31.4 Å². The highest BCUT2D eigenvalue weighted by Gasteiger charge is 2.23. The minimum absolute atomic E-state index is 0.0537. The van der Waals surface area contributed by atoms with E-state index in [0.29, 0.717) is 12.1 Å². The molecule has 0 spiro atoms. The zero-order valence-electron chi connectivity index (χ0n) is 10.1. The van der Waals surface area contributed by atoms with E-state index in [4.69, 9.17) is 11.6 Å². The van der Waals surface area contributed by atoms with Gasteiger partial charge in [0, 0.05) is 12.2 Å². The van der Waals surface area contributed by atoms with Gasteiger partial charge in [-0.2, -0.15) is 0 Å². The molecule has 1 aliphatic heterocycles. The van der Waals surface area contributed by atoms with Crippen LogP contribution in [0, 0.1) is 0 Å². The maximum Gasteiger partial charge on any atom is 0.337 e. The van der Waals surface area contributed by atoms with Crippen LogP contribution in [0.4, 0.5) is 5.69 Å². The number of carbonyl (C=O) groups is 2. The van der Waals surface area contributed by atoms with Gasteiger partial charge in [-0.05, 0) is 30.5 Å². The number of esters is 1. The van der Waals surface area contributed by atoms with Gasteiger partial charge in [0.05, 0.1) is 12.7 Å². The third-order valence-electron chi connectivity index (χ3n) is 3.04. The Kier molecular flexibility index (Phi) is 3.87. The summed E-state index contributed by atoms with van der Waals surface area (Å²) in [5.41, 5.74) is 2.28. The number of aryl methyl sites for hydroxylation is 1. The summed E-state index contributed by atoms with van der Waals surface area (Å²) in [4.78, 5) is 24.9. The van der Waals surface area contributed by atoms with E-state index >= 15 is 0 Å². The van der Waals surface area contributed by atoms with Crippen LogP contribution in [0.3, 0.4) is 0 Å². The molecule has 1 aromatic rings. The molecule has 1 heterocycles. The van der Waals surface area contributed by atoms with E-state index in [9.17, 15) is 9.59 Å². The molecular weight excluding hydrogens is 254 g/mol. The molecule has 0 N–H and O–H groups in total. The maximum absolute atomic E-state index is 11.8. The summed E-state index contributed by atoms with van der Waals surface area (Å²) in [5, 5.41) is 0. The summed E-state index contributed by atoms with van der Waals surface area (Å²) in [6.45, 7) is 0.642. The Morgan fingerprint density at radius 1 is 1.44 bits per heavy atom. The molecule has 1 aliphatic rings. The van der Waals surface area contributed by atoms with Crippen molar-refractivity contribution in [2.24, 2.45) is 0 Å². The van der Waals surface area contributed by atoms with Crippen molar-refractivity contribution in [3.8, 4) is 0 Å². The molecule has 1 amide bonds. The molecule has 1 aromatic carbocycles. The van der Waals surface area contributed by atoms with Crippen molar-refractivity contribution < 1.29 is 14.3 Å². The highest BCUT2D eigenvalue weighted by atomic mass is 35.5. The SMILES string of the molecule is COC(=O)c1ccc2c(c1)N(C(=O)CCl)CCC2. The minimum Gasteiger partial charge on any atom is -0.465 e. The van der Waals surface area contributed by atoms with Gasteiger partial charge in [-0.3, -0.25) is 4.79 Å². The number of methoxy groups -OCH3 is 1. The van der Waals surface area contributed by atoms with Crippen LogP contribution >= 0.6 is 11.6 Å². The molecule has 96 valence electrons. The molecule has 0 bridgehead atoms. The molecule has 4 nitrogen and oxygen atoms in total. The molecule has 0 atom stereocenters. The fraction of sp³-hybridized carbons (Fsp3) is 0.385. The lowest BCUT2D eigenvalue weighted by Crippen LogP contribution is -2.36. The Morgan fingerprint density at radius 2 is 2.22 bits per heavy atom. The second-order valence-electron chi connectivity index (χ2n) is 4.12. The summed E-state index contributed by atoms with van der Waals surface area (Å²) in [6.07, 6.45) is 1.82. The Bertz CT molecular complexity index is 487. The maximum atomic E-state index is 11.8. The average molecular weight is 268 g/mol. The van der Waals surface area contributed by atoms with Gasteiger partial charge < -0.3 is 9.64 Å². The van der Waals surface area contributed by atoms with Crippen molar-refractivity contribution in [2.45, 2.75) is 12.8 Å². The number of alkyl halides is 1. The number of nitrogens with zero attached hydrogens (tertiary/aromatic N) is 1. The quantitative estimate of drug-likeness (QED) is 0.608. The van der Waals surface area contributed by atoms with Crippen LogP contribution < -0.4 is 4.90 Å². The number of carbonyl (C=O) groups excluding carboxylic acids is 2. The van der Waals surface area contributed by atoms with Gasteiger partial charge in [0.25, 0.3) is 0 Å². The molecule has 2 rings (SSSR count). The fourth-order valence-electron chi connectivity index (χ4n) is 2.15. The van der Waals surface area contributed by atoms with Crippen molar-refractivity contribution >= 4 is 29.2 Å². The van der Waals surface area contributed by atoms with E-state index in [1.165, 1.54) is 7.11 Å². The van der Waals surface area contributed by atoms with Gasteiger partial charge in [-0.15, -0.1) is 11.6 Å². The largest absolute Gasteiger partial charge is 0.465 e. The second-order valence-corrected chi connectivity index (χ2v) is 4.38. The van der Waals surface area contributed by atoms with E-state index < -0.39 is 5.97 Å². The highest BCUT2D eigenvalue weighted by molar-refractivity contribution is 6.29. The van der Waals surface area contributed by atoms with E-state index in [0.717, 1.165) is 24.1 Å². The molecular formula is C13H14ClNO3. The number of rotatable bonds is 2. The number of amides is 1. The van der Waals surface area contributed by atoms with Gasteiger partial charge in [-0.1, -0.05) is 6.07 Å². The standard InChI is InChI=1S/C13H14ClNO3/c1-18-13(17)10-5-4-9-3-2-6-15(11(9)7-10)12(16)8-14/h4-5,7H,2-3,6,8H2,1H3. The minimum atomic E-state index is -0.401. The topological polar surface area (TPSA) is 46.6 Å². The third kappa shape index (κ3) is 2.34. The van der Waals surface area contributed by atoms with E-state index in [2.05, 4.69) is 4.74 Å². The third-order valence-corrected chi connectivity index (χ3v) is 3.27. The van der Waals surface area contributed by atoms with Crippen LogP contribution in [0.2, 0.25) is 0 Å². The molecule has 0 saturated carbocycles. The smallest absolute Gasteiger partial charge is 0.337 e. The van der Waals surface area contributed by atoms with Crippen molar-refractivity contribution in [3.63, 3.8) is 0 Å². The Balaban J connectivity index is 2.41. The highest BCUT2D eigenvalue weighted by Crippen LogP contribution is 2.28. The fourth-order valence-corrected chi connectivity index (χ4v) is 2.29. The van der Waals surface area contributed by atoms with Gasteiger partial charge >= 0.3 is 5.97 Å². The lowest BCUT2D eigenvalue weighted by molar-refractivity contribution is -0.116. The van der Waals surface area contributed by atoms with Crippen LogP contribution in [0.25, 0.3) is 0 Å². The number of benzene rings is 1. The number of halogens is 1. The van der Waals surface area contributed by atoms with Crippen molar-refractivity contribution in [1.29, 1.82) is 0 Å². The number of fused-ring (bicyclic) bond motifs is 1. The molecule has 0 fully saturated rings. The summed E-state index contributed by atoms with van der Waals surface area (Å²) >= 11 is 5.60. The predicted molar refractivity (Wildman–Crippen MR) is 69.2 cm³/mol. The molecule has 0 unspecified atom stereocenters. The van der Waals surface area contributed by atoms with Gasteiger partial charge in [0.2, 0.25) is 5.91 Å². The number of ether oxygens (including phenoxy) is 1. The lowest BCUT2D eigenvalue weighted by Gasteiger charge is -2.29. The Morgan fingerprint density at radius 3 is 2.89 bits per heavy atom. The lowest BCUT2D eigenvalue weighted by atomic mass is 9.99. The van der Waals surface area contributed by atoms with Gasteiger partial charge in [-0.25, -0.2) is 4.79 Å². The van der Waals surface area contributed by atoms with E-state index in [1.54, 1.807) is 17.0 Å². The van der Waals surface area contributed by atoms with E-state index in [1.807, 2.05) is 6.07 Å². The molecule has 5 heteroatoms. The summed E-state index contributed by atoms with van der Waals surface area (Å²) in [7, 11) is 1.34. The number of hydrogen-bond donors (Lipinski definition) is 0. The second kappa shape index (κ2) is 5.40. The summed E-state index contributed by atoms with van der Waals surface area (Å²) in [6, 6.07) is 5.29. The molecule has 18 heavy (non-hydrogen) atoms. The normalized spacial score (nSPS) is 14.0. The zero-order valence-corrected chi connectivity index (χ0v) is 10.9. The van der Waals surface area contributed by atoms with Crippen LogP contribution in [0.5, 0.6) is 0 Å². The van der Waals surface area contributed by atoms with Crippen molar-refractivity contribution in [1.82, 2.24) is 0 Å². The predicted octanol–water partition coefficient (Wildman–Crippen LogP) is 1.99. The van der Waals surface area contributed by atoms with Crippen molar-refractivity contribution in [2.75, 3.05) is 24.4 Å². The summed E-state index contributed by atoms with van der Waals surface area (Å²) in [5.74, 6) is -0.594. The average Bonchev–Trinajstić information content (AvgIpc) is 2.44. The van der Waals surface area contributed by atoms with Crippen LogP contribution in [-0.2, 0) is 16.0 Å². The first kappa shape index (κ1) is 12.9. The van der Waals surface area contributed by atoms with Crippen LogP contribution in [0.1, 0.15) is 22.3 Å². The summed E-state index contributed by atoms with van der Waals surface area (Å²) < 4.78 is 4.68. The zero-order chi connectivity index (χ0) is 13.1. The molecule has 0 aromatic heterocycles. The van der Waals surface area contributed by atoms with Crippen molar-refractivity contribution in [3.05, 3.63) is 29.3 Å². The first-order valence-corrected chi connectivity index (χ1v) is 6.28. The van der Waals surface area contributed by atoms with Crippen LogP contribution in [0.15, 0.2) is 18.2 Å². The Hall–Kier alpha value is -1.55. The number of hydrogen-bond acceptors (Lipinski definition) is 3. The van der Waals surface area contributed by atoms with Gasteiger partial charge in [0.1, 0.15) is 5.88 Å². The Labute approximate surface area is 110 Å². The molecule has 0 radical (unpaired) electrons. The monoisotopic (exact) mass is 267 g/mol. The first-order chi connectivity index (χ1) is 8.67. The van der Waals surface area contributed by atoms with E-state index in [-0.39, 0.29) is 11.8 Å². The van der Waals surface area contributed by atoms with Gasteiger partial charge in [0.15, 0.2) is 0 Å². The molecule has 0 saturated heterocycles. The number of anilines is 1.